The maximum Gasteiger partial charge on any atom is 0.192 e. The maximum atomic E-state index is 6.49. The fraction of sp³-hybridized carbons (Fsp3) is 0.864. The molecule has 7 aliphatic rings. The monoisotopic (exact) mass is 795 g/mol. The number of ether oxygens (including phenoxy) is 12. The molecule has 4 saturated heterocycles. The highest BCUT2D eigenvalue weighted by Crippen LogP contribution is 2.58. The predicted octanol–water partition coefficient (Wildman–Crippen LogP) is 8.41. The van der Waals surface area contributed by atoms with Gasteiger partial charge in [0.05, 0.1) is 48.8 Å². The molecule has 0 aromatic heterocycles. The second kappa shape index (κ2) is 15.3. The van der Waals surface area contributed by atoms with Gasteiger partial charge in [-0.3, -0.25) is 0 Å². The number of rotatable bonds is 4. The number of methoxy groups -OCH3 is 4. The summed E-state index contributed by atoms with van der Waals surface area (Å²) >= 11 is 0. The van der Waals surface area contributed by atoms with Crippen LogP contribution in [-0.4, -0.2) is 112 Å². The Morgan fingerprint density at radius 2 is 0.536 bits per heavy atom. The first-order chi connectivity index (χ1) is 25.8. The molecule has 0 N–H and O–H groups in total. The molecule has 0 aromatic rings. The Kier molecular flexibility index (Phi) is 12.5. The highest BCUT2D eigenvalue weighted by Gasteiger charge is 2.65. The summed E-state index contributed by atoms with van der Waals surface area (Å²) in [5.74, 6) is -3.61. The molecule has 0 atom stereocenters. The van der Waals surface area contributed by atoms with Crippen molar-refractivity contribution in [3.63, 3.8) is 0 Å². The van der Waals surface area contributed by atoms with E-state index in [-0.39, 0.29) is 22.4 Å². The first-order valence-electron chi connectivity index (χ1n) is 20.4. The van der Waals surface area contributed by atoms with E-state index in [1.165, 1.54) is 0 Å². The van der Waals surface area contributed by atoms with Gasteiger partial charge in [-0.15, -0.1) is 0 Å². The van der Waals surface area contributed by atoms with Crippen LogP contribution in [0.15, 0.2) is 33.4 Å². The van der Waals surface area contributed by atoms with Crippen molar-refractivity contribution in [2.75, 3.05) is 54.9 Å². The summed E-state index contributed by atoms with van der Waals surface area (Å²) in [6, 6.07) is 0. The van der Waals surface area contributed by atoms with Crippen molar-refractivity contribution in [2.45, 2.75) is 193 Å². The minimum absolute atomic E-state index is 0.352. The minimum atomic E-state index is -0.675. The molecule has 0 saturated carbocycles. The zero-order chi connectivity index (χ0) is 42.0. The molecule has 0 amide bonds. The summed E-state index contributed by atoms with van der Waals surface area (Å²) in [5, 5.41) is 0. The smallest absolute Gasteiger partial charge is 0.192 e. The molecule has 7 rings (SSSR count). The fourth-order valence-electron chi connectivity index (χ4n) is 9.34. The van der Waals surface area contributed by atoms with Crippen molar-refractivity contribution in [1.82, 2.24) is 0 Å². The summed E-state index contributed by atoms with van der Waals surface area (Å²) in [4.78, 5) is 0. The van der Waals surface area contributed by atoms with Crippen LogP contribution in [-0.2, 0) is 56.8 Å². The second-order valence-electron chi connectivity index (χ2n) is 18.4. The fourth-order valence-corrected chi connectivity index (χ4v) is 9.34. The van der Waals surface area contributed by atoms with Crippen LogP contribution in [0.3, 0.4) is 0 Å². The zero-order valence-electron chi connectivity index (χ0n) is 38.0. The number of hydrogen-bond donors (Lipinski definition) is 0. The van der Waals surface area contributed by atoms with Gasteiger partial charge in [-0.05, 0) is 130 Å². The van der Waals surface area contributed by atoms with E-state index in [1.54, 1.807) is 28.4 Å². The third-order valence-corrected chi connectivity index (χ3v) is 14.9. The van der Waals surface area contributed by atoms with Gasteiger partial charge in [0.25, 0.3) is 0 Å². The van der Waals surface area contributed by atoms with Gasteiger partial charge in [-0.1, -0.05) is 0 Å². The van der Waals surface area contributed by atoms with Crippen LogP contribution in [0.2, 0.25) is 0 Å². The highest BCUT2D eigenvalue weighted by molar-refractivity contribution is 5.33. The van der Waals surface area contributed by atoms with Crippen LogP contribution >= 0.6 is 0 Å². The van der Waals surface area contributed by atoms with Crippen LogP contribution in [0.1, 0.15) is 135 Å². The summed E-state index contributed by atoms with van der Waals surface area (Å²) in [7, 11) is 6.64. The average molecular weight is 795 g/mol. The first-order valence-corrected chi connectivity index (χ1v) is 20.4. The molecule has 0 unspecified atom stereocenters. The number of hydrogen-bond acceptors (Lipinski definition) is 12. The lowest BCUT2D eigenvalue weighted by molar-refractivity contribution is -0.237. The highest BCUT2D eigenvalue weighted by atomic mass is 16.8. The molecule has 4 heterocycles. The molecule has 0 bridgehead atoms. The Bertz CT molecular complexity index is 1370. The zero-order valence-corrected chi connectivity index (χ0v) is 38.0. The van der Waals surface area contributed by atoms with Gasteiger partial charge in [0.15, 0.2) is 34.7 Å². The molecule has 4 aliphatic heterocycles. The Morgan fingerprint density at radius 3 is 0.768 bits per heavy atom. The van der Waals surface area contributed by atoms with Gasteiger partial charge in [-0.2, -0.15) is 0 Å². The third kappa shape index (κ3) is 7.23. The van der Waals surface area contributed by atoms with Crippen molar-refractivity contribution in [3.05, 3.63) is 33.4 Å². The van der Waals surface area contributed by atoms with Crippen molar-refractivity contribution < 1.29 is 56.8 Å². The SMILES string of the molecule is CC1=C(C)C2(CCC13OC(C)(C)C(C)(C)O3)OC(C)(C)C(C)(C)O2.CC1=C(C)C2(CCC13OCCO3)OCCO2.COC1(OC)CCC(OC)(OC)C(C)=C1C. The van der Waals surface area contributed by atoms with E-state index in [9.17, 15) is 0 Å². The standard InChI is InChI=1S/C20H34O4.C12H18O4.C12H22O4/c1-13-14(2)20(23-17(7,8)18(9,10)24-20)12-11-19(13)21-15(3,4)16(5,6)22-19;1-9-10(2)12(15-7-8-16-12)4-3-11(9)13-5-6-14-11;1-9-10(2)12(15-5,16-6)8-7-11(9,13-3)14-4/h11-12H2,1-10H3;3-8H2,1-2H3;7-8H2,1-6H3. The van der Waals surface area contributed by atoms with Crippen LogP contribution < -0.4 is 0 Å². The van der Waals surface area contributed by atoms with Crippen molar-refractivity contribution in [2.24, 2.45) is 0 Å². The van der Waals surface area contributed by atoms with Gasteiger partial charge in [0.1, 0.15) is 0 Å². The summed E-state index contributed by atoms with van der Waals surface area (Å²) in [6.45, 7) is 31.8. The van der Waals surface area contributed by atoms with E-state index in [4.69, 9.17) is 56.8 Å². The molecule has 56 heavy (non-hydrogen) atoms. The molecule has 12 nitrogen and oxygen atoms in total. The van der Waals surface area contributed by atoms with E-state index in [1.807, 2.05) is 13.8 Å². The molecular weight excluding hydrogens is 720 g/mol. The third-order valence-electron chi connectivity index (χ3n) is 14.9. The van der Waals surface area contributed by atoms with Crippen LogP contribution in [0.5, 0.6) is 0 Å². The predicted molar refractivity (Wildman–Crippen MR) is 212 cm³/mol. The normalized spacial score (nSPS) is 30.5. The Labute approximate surface area is 337 Å². The molecule has 0 aromatic carbocycles. The van der Waals surface area contributed by atoms with E-state index < -0.39 is 34.7 Å². The van der Waals surface area contributed by atoms with Crippen molar-refractivity contribution >= 4 is 0 Å². The van der Waals surface area contributed by atoms with Crippen LogP contribution in [0.4, 0.5) is 0 Å². The molecular formula is C44H74O12. The maximum absolute atomic E-state index is 6.49. The summed E-state index contributed by atoms with van der Waals surface area (Å²) < 4.78 is 71.1. The van der Waals surface area contributed by atoms with Crippen molar-refractivity contribution in [3.8, 4) is 0 Å². The van der Waals surface area contributed by atoms with Gasteiger partial charge < -0.3 is 56.8 Å². The van der Waals surface area contributed by atoms with Crippen LogP contribution in [0.25, 0.3) is 0 Å². The topological polar surface area (TPSA) is 111 Å². The summed E-state index contributed by atoms with van der Waals surface area (Å²) in [6.07, 6.45) is 4.52. The molecule has 322 valence electrons. The van der Waals surface area contributed by atoms with Gasteiger partial charge in [0, 0.05) is 67.0 Å². The van der Waals surface area contributed by atoms with Crippen LogP contribution in [0, 0.1) is 0 Å². The quantitative estimate of drug-likeness (QED) is 0.201. The van der Waals surface area contributed by atoms with E-state index in [2.05, 4.69) is 83.1 Å². The molecule has 4 spiro atoms. The average Bonchev–Trinajstić information content (AvgIpc) is 3.90. The largest absolute Gasteiger partial charge is 0.349 e. The molecule has 4 fully saturated rings. The van der Waals surface area contributed by atoms with E-state index >= 15 is 0 Å². The van der Waals surface area contributed by atoms with Gasteiger partial charge in [-0.25, -0.2) is 0 Å². The molecule has 0 radical (unpaired) electrons. The first kappa shape index (κ1) is 45.8. The van der Waals surface area contributed by atoms with E-state index in [0.29, 0.717) is 39.3 Å². The lowest BCUT2D eigenvalue weighted by Crippen LogP contribution is -2.48. The Morgan fingerprint density at radius 1 is 0.321 bits per heavy atom. The molecule has 12 heteroatoms. The lowest BCUT2D eigenvalue weighted by Gasteiger charge is -2.44. The van der Waals surface area contributed by atoms with Gasteiger partial charge >= 0.3 is 0 Å². The minimum Gasteiger partial charge on any atom is -0.349 e. The van der Waals surface area contributed by atoms with Crippen molar-refractivity contribution in [1.29, 1.82) is 0 Å². The summed E-state index contributed by atoms with van der Waals surface area (Å²) in [5.41, 5.74) is 5.05. The Balaban J connectivity index is 0.000000166. The molecule has 3 aliphatic carbocycles. The lowest BCUT2D eigenvalue weighted by atomic mass is 9.83. The Hall–Kier alpha value is -1.26. The van der Waals surface area contributed by atoms with E-state index in [0.717, 1.165) is 59.1 Å². The van der Waals surface area contributed by atoms with Gasteiger partial charge in [0.2, 0.25) is 0 Å². The second-order valence-corrected chi connectivity index (χ2v) is 18.4.